The first-order valence-electron chi connectivity index (χ1n) is 4.50. The number of hydrogen-bond donors (Lipinski definition) is 1. The largest absolute Gasteiger partial charge is 0.508 e. The van der Waals surface area contributed by atoms with Crippen LogP contribution in [0.4, 0.5) is 0 Å². The minimum Gasteiger partial charge on any atom is -0.508 e. The average molecular weight is 180 g/mol. The molecule has 2 heteroatoms. The first-order valence-corrected chi connectivity index (χ1v) is 4.50. The lowest BCUT2D eigenvalue weighted by Crippen LogP contribution is -2.21. The summed E-state index contributed by atoms with van der Waals surface area (Å²) in [5.74, 6) is 0.293. The van der Waals surface area contributed by atoms with Crippen LogP contribution in [0.5, 0.6) is 5.75 Å². The molecule has 0 saturated heterocycles. The van der Waals surface area contributed by atoms with Gasteiger partial charge >= 0.3 is 0 Å². The fourth-order valence-electron chi connectivity index (χ4n) is 1.42. The second-order valence-electron chi connectivity index (χ2n) is 3.46. The van der Waals surface area contributed by atoms with Crippen molar-refractivity contribution in [1.29, 1.82) is 0 Å². The third-order valence-corrected chi connectivity index (χ3v) is 2.06. The fraction of sp³-hybridized carbons (Fsp3) is 0.455. The van der Waals surface area contributed by atoms with E-state index in [-0.39, 0.29) is 0 Å². The van der Waals surface area contributed by atoms with Crippen LogP contribution in [0.25, 0.3) is 0 Å². The van der Waals surface area contributed by atoms with Crippen LogP contribution < -0.4 is 0 Å². The number of aromatic hydroxyl groups is 1. The van der Waals surface area contributed by atoms with Crippen LogP contribution in [0.2, 0.25) is 0 Å². The normalized spacial score (nSPS) is 11.6. The molecule has 0 aromatic heterocycles. The predicted octanol–water partition coefficient (Wildman–Crippen LogP) is 2.66. The Morgan fingerprint density at radius 2 is 1.92 bits per heavy atom. The molecule has 0 unspecified atom stereocenters. The Hall–Kier alpha value is -1.02. The predicted molar refractivity (Wildman–Crippen MR) is 52.8 cm³/mol. The summed E-state index contributed by atoms with van der Waals surface area (Å²) >= 11 is 0. The molecule has 0 spiro atoms. The van der Waals surface area contributed by atoms with Crippen LogP contribution in [0, 0.1) is 0 Å². The van der Waals surface area contributed by atoms with E-state index in [1.165, 1.54) is 0 Å². The quantitative estimate of drug-likeness (QED) is 0.774. The summed E-state index contributed by atoms with van der Waals surface area (Å²) in [5, 5.41) is 9.59. The maximum atomic E-state index is 9.59. The number of phenolic OH excluding ortho intramolecular Hbond substituents is 1. The van der Waals surface area contributed by atoms with E-state index in [1.54, 1.807) is 12.1 Å². The van der Waals surface area contributed by atoms with Gasteiger partial charge in [0.1, 0.15) is 5.75 Å². The Morgan fingerprint density at radius 3 is 2.46 bits per heavy atom. The molecule has 13 heavy (non-hydrogen) atoms. The highest BCUT2D eigenvalue weighted by atomic mass is 16.5. The van der Waals surface area contributed by atoms with Crippen molar-refractivity contribution in [2.75, 3.05) is 6.61 Å². The molecule has 1 rings (SSSR count). The van der Waals surface area contributed by atoms with E-state index in [9.17, 15) is 5.11 Å². The monoisotopic (exact) mass is 180 g/mol. The molecule has 0 atom stereocenters. The van der Waals surface area contributed by atoms with E-state index in [1.807, 2.05) is 32.9 Å². The number of ether oxygens (including phenoxy) is 1. The molecule has 0 radical (unpaired) electrons. The van der Waals surface area contributed by atoms with Crippen LogP contribution >= 0.6 is 0 Å². The van der Waals surface area contributed by atoms with Crippen LogP contribution in [-0.2, 0) is 10.3 Å². The van der Waals surface area contributed by atoms with Gasteiger partial charge < -0.3 is 9.84 Å². The number of phenols is 1. The van der Waals surface area contributed by atoms with Gasteiger partial charge in [-0.15, -0.1) is 0 Å². The lowest BCUT2D eigenvalue weighted by Gasteiger charge is -2.25. The summed E-state index contributed by atoms with van der Waals surface area (Å²) < 4.78 is 5.54. The van der Waals surface area contributed by atoms with Crippen molar-refractivity contribution in [3.8, 4) is 5.75 Å². The molecule has 2 nitrogen and oxygen atoms in total. The Bertz CT molecular complexity index is 279. The van der Waals surface area contributed by atoms with Crippen molar-refractivity contribution >= 4 is 0 Å². The third-order valence-electron chi connectivity index (χ3n) is 2.06. The van der Waals surface area contributed by atoms with Gasteiger partial charge in [-0.05, 0) is 26.8 Å². The van der Waals surface area contributed by atoms with E-state index in [0.717, 1.165) is 5.56 Å². The molecule has 1 aromatic carbocycles. The average Bonchev–Trinajstić information content (AvgIpc) is 2.04. The maximum absolute atomic E-state index is 9.59. The summed E-state index contributed by atoms with van der Waals surface area (Å²) in [5.41, 5.74) is 0.414. The molecule has 0 aliphatic carbocycles. The Balaban J connectivity index is 2.99. The maximum Gasteiger partial charge on any atom is 0.121 e. The van der Waals surface area contributed by atoms with Crippen molar-refractivity contribution in [3.05, 3.63) is 29.8 Å². The molecular weight excluding hydrogens is 164 g/mol. The lowest BCUT2D eigenvalue weighted by atomic mass is 9.97. The van der Waals surface area contributed by atoms with Crippen LogP contribution in [-0.4, -0.2) is 11.7 Å². The van der Waals surface area contributed by atoms with Gasteiger partial charge in [-0.25, -0.2) is 0 Å². The molecular formula is C11H16O2. The Morgan fingerprint density at radius 1 is 1.31 bits per heavy atom. The molecule has 1 aromatic rings. The van der Waals surface area contributed by atoms with Crippen molar-refractivity contribution in [2.45, 2.75) is 26.4 Å². The zero-order valence-corrected chi connectivity index (χ0v) is 8.37. The third kappa shape index (κ3) is 2.22. The van der Waals surface area contributed by atoms with E-state index >= 15 is 0 Å². The van der Waals surface area contributed by atoms with E-state index in [2.05, 4.69) is 0 Å². The van der Waals surface area contributed by atoms with Gasteiger partial charge in [-0.3, -0.25) is 0 Å². The summed E-state index contributed by atoms with van der Waals surface area (Å²) in [6.45, 7) is 6.49. The van der Waals surface area contributed by atoms with Crippen LogP contribution in [0.1, 0.15) is 26.3 Å². The zero-order chi connectivity index (χ0) is 9.90. The number of benzene rings is 1. The molecule has 0 aliphatic heterocycles. The smallest absolute Gasteiger partial charge is 0.121 e. The van der Waals surface area contributed by atoms with E-state index in [4.69, 9.17) is 4.74 Å². The van der Waals surface area contributed by atoms with E-state index in [0.29, 0.717) is 12.4 Å². The fourth-order valence-corrected chi connectivity index (χ4v) is 1.42. The van der Waals surface area contributed by atoms with Gasteiger partial charge in [0.05, 0.1) is 5.60 Å². The second-order valence-corrected chi connectivity index (χ2v) is 3.46. The standard InChI is InChI=1S/C11H16O2/c1-4-13-11(2,3)9-7-5-6-8-10(9)12/h5-8,12H,4H2,1-3H3. The van der Waals surface area contributed by atoms with Gasteiger partial charge in [0.25, 0.3) is 0 Å². The molecule has 0 bridgehead atoms. The molecule has 0 heterocycles. The summed E-state index contributed by atoms with van der Waals surface area (Å²) in [7, 11) is 0. The first-order chi connectivity index (χ1) is 6.08. The highest BCUT2D eigenvalue weighted by Gasteiger charge is 2.23. The SMILES string of the molecule is CCOC(C)(C)c1ccccc1O. The van der Waals surface area contributed by atoms with Gasteiger partial charge in [0, 0.05) is 12.2 Å². The minimum atomic E-state index is -0.417. The molecule has 1 N–H and O–H groups in total. The highest BCUT2D eigenvalue weighted by molar-refractivity contribution is 5.35. The van der Waals surface area contributed by atoms with Gasteiger partial charge in [0.15, 0.2) is 0 Å². The summed E-state index contributed by atoms with van der Waals surface area (Å²) in [6.07, 6.45) is 0. The van der Waals surface area contributed by atoms with Crippen molar-refractivity contribution in [2.24, 2.45) is 0 Å². The number of hydrogen-bond acceptors (Lipinski definition) is 2. The molecule has 0 saturated carbocycles. The Labute approximate surface area is 79.2 Å². The molecule has 0 aliphatic rings. The summed E-state index contributed by atoms with van der Waals surface area (Å²) in [4.78, 5) is 0. The molecule has 0 amide bonds. The Kier molecular flexibility index (Phi) is 2.94. The van der Waals surface area contributed by atoms with Crippen LogP contribution in [0.15, 0.2) is 24.3 Å². The lowest BCUT2D eigenvalue weighted by molar-refractivity contribution is -0.0155. The van der Waals surface area contributed by atoms with Crippen molar-refractivity contribution < 1.29 is 9.84 Å². The molecule has 0 fully saturated rings. The second kappa shape index (κ2) is 3.79. The number of rotatable bonds is 3. The van der Waals surface area contributed by atoms with Gasteiger partial charge in [0.2, 0.25) is 0 Å². The zero-order valence-electron chi connectivity index (χ0n) is 8.37. The number of para-hydroxylation sites is 1. The topological polar surface area (TPSA) is 29.5 Å². The summed E-state index contributed by atoms with van der Waals surface area (Å²) in [6, 6.07) is 7.26. The van der Waals surface area contributed by atoms with Gasteiger partial charge in [-0.2, -0.15) is 0 Å². The van der Waals surface area contributed by atoms with Crippen molar-refractivity contribution in [3.63, 3.8) is 0 Å². The minimum absolute atomic E-state index is 0.293. The first kappa shape index (κ1) is 10.1. The highest BCUT2D eigenvalue weighted by Crippen LogP contribution is 2.31. The molecule has 72 valence electrons. The van der Waals surface area contributed by atoms with Gasteiger partial charge in [-0.1, -0.05) is 18.2 Å². The van der Waals surface area contributed by atoms with Crippen LogP contribution in [0.3, 0.4) is 0 Å². The van der Waals surface area contributed by atoms with E-state index < -0.39 is 5.60 Å². The van der Waals surface area contributed by atoms with Crippen molar-refractivity contribution in [1.82, 2.24) is 0 Å².